The maximum atomic E-state index is 13.3. The van der Waals surface area contributed by atoms with Crippen molar-refractivity contribution in [3.8, 4) is 0 Å². The number of nitrogens with one attached hydrogen (secondary N) is 2. The molecule has 4 rings (SSSR count). The van der Waals surface area contributed by atoms with Crippen LogP contribution in [0.15, 0.2) is 48.8 Å². The van der Waals surface area contributed by atoms with Gasteiger partial charge >= 0.3 is 12.0 Å². The molecule has 0 bridgehead atoms. The second-order valence-electron chi connectivity index (χ2n) is 7.95. The maximum Gasteiger partial charge on any atom is 0.337 e. The van der Waals surface area contributed by atoms with Gasteiger partial charge in [0.15, 0.2) is 0 Å². The van der Waals surface area contributed by atoms with Crippen LogP contribution in [0.5, 0.6) is 0 Å². The van der Waals surface area contributed by atoms with E-state index in [1.54, 1.807) is 48.8 Å². The fraction of sp³-hybridized carbons (Fsp3) is 0.348. The molecule has 1 aromatic carbocycles. The van der Waals surface area contributed by atoms with E-state index >= 15 is 0 Å². The molecule has 10 heteroatoms. The Bertz CT molecular complexity index is 1040. The van der Waals surface area contributed by atoms with Crippen molar-refractivity contribution in [2.45, 2.75) is 31.5 Å². The van der Waals surface area contributed by atoms with Gasteiger partial charge in [-0.2, -0.15) is 0 Å². The van der Waals surface area contributed by atoms with Crippen LogP contribution in [0.3, 0.4) is 0 Å². The van der Waals surface area contributed by atoms with Crippen molar-refractivity contribution in [3.05, 3.63) is 59.9 Å². The average Bonchev–Trinajstić information content (AvgIpc) is 2.85. The van der Waals surface area contributed by atoms with Crippen LogP contribution in [0.2, 0.25) is 0 Å². The van der Waals surface area contributed by atoms with E-state index in [0.717, 1.165) is 12.0 Å². The topological polar surface area (TPSA) is 121 Å². The Balaban J connectivity index is 1.49. The summed E-state index contributed by atoms with van der Waals surface area (Å²) in [6.45, 7) is 0.565. The number of carbonyl (C=O) groups is 4. The van der Waals surface area contributed by atoms with E-state index in [0.29, 0.717) is 24.2 Å². The SMILES string of the molecule is COC(=O)c1ccc(NC(=O)CN2C(=O)N(Cc3cccnc3)C(=O)C3NCCCC32)cc1. The third kappa shape index (κ3) is 4.85. The molecule has 2 unspecified atom stereocenters. The number of hydrogen-bond acceptors (Lipinski definition) is 7. The highest BCUT2D eigenvalue weighted by molar-refractivity contribution is 6.03. The Morgan fingerprint density at radius 2 is 2.00 bits per heavy atom. The standard InChI is InChI=1S/C23H25N5O5/c1-33-22(31)16-6-8-17(9-7-16)26-19(29)14-27-18-5-3-11-25-20(18)21(30)28(23(27)32)13-15-4-2-10-24-12-15/h2,4,6-10,12,18,20,25H,3,5,11,13-14H2,1H3,(H,26,29). The number of rotatable bonds is 6. The number of benzene rings is 1. The van der Waals surface area contributed by atoms with E-state index in [1.807, 2.05) is 0 Å². The van der Waals surface area contributed by atoms with Gasteiger partial charge < -0.3 is 20.3 Å². The normalized spacial score (nSPS) is 20.3. The van der Waals surface area contributed by atoms with Gasteiger partial charge in [0.2, 0.25) is 11.8 Å². The number of urea groups is 1. The van der Waals surface area contributed by atoms with Gasteiger partial charge in [0.1, 0.15) is 12.6 Å². The summed E-state index contributed by atoms with van der Waals surface area (Å²) in [5.41, 5.74) is 1.57. The van der Waals surface area contributed by atoms with Crippen LogP contribution >= 0.6 is 0 Å². The van der Waals surface area contributed by atoms with Gasteiger partial charge in [-0.05, 0) is 55.3 Å². The van der Waals surface area contributed by atoms with E-state index in [-0.39, 0.29) is 19.0 Å². The van der Waals surface area contributed by atoms with Crippen molar-refractivity contribution in [2.75, 3.05) is 25.5 Å². The van der Waals surface area contributed by atoms with E-state index in [1.165, 1.54) is 16.9 Å². The molecule has 10 nitrogen and oxygen atoms in total. The number of fused-ring (bicyclic) bond motifs is 1. The summed E-state index contributed by atoms with van der Waals surface area (Å²) in [6, 6.07) is 8.36. The van der Waals surface area contributed by atoms with Crippen LogP contribution in [-0.2, 0) is 20.9 Å². The van der Waals surface area contributed by atoms with Crippen LogP contribution in [-0.4, -0.2) is 70.9 Å². The van der Waals surface area contributed by atoms with Gasteiger partial charge in [-0.1, -0.05) is 6.07 Å². The summed E-state index contributed by atoms with van der Waals surface area (Å²) in [7, 11) is 1.30. The van der Waals surface area contributed by atoms with Crippen molar-refractivity contribution < 1.29 is 23.9 Å². The lowest BCUT2D eigenvalue weighted by Gasteiger charge is -2.46. The van der Waals surface area contributed by atoms with Crippen LogP contribution in [0, 0.1) is 0 Å². The fourth-order valence-corrected chi connectivity index (χ4v) is 4.19. The number of amides is 4. The first-order chi connectivity index (χ1) is 16.0. The Hall–Kier alpha value is -3.79. The smallest absolute Gasteiger partial charge is 0.337 e. The zero-order chi connectivity index (χ0) is 23.4. The van der Waals surface area contributed by atoms with E-state index in [9.17, 15) is 19.2 Å². The highest BCUT2D eigenvalue weighted by Crippen LogP contribution is 2.26. The lowest BCUT2D eigenvalue weighted by atomic mass is 9.93. The largest absolute Gasteiger partial charge is 0.465 e. The monoisotopic (exact) mass is 451 g/mol. The first kappa shape index (κ1) is 22.4. The molecule has 0 aliphatic carbocycles. The molecular formula is C23H25N5O5. The first-order valence-electron chi connectivity index (χ1n) is 10.7. The quantitative estimate of drug-likeness (QED) is 0.637. The number of hydrogen-bond donors (Lipinski definition) is 2. The molecule has 0 radical (unpaired) electrons. The van der Waals surface area contributed by atoms with Gasteiger partial charge in [0, 0.05) is 18.1 Å². The summed E-state index contributed by atoms with van der Waals surface area (Å²) in [5, 5.41) is 5.95. The minimum atomic E-state index is -0.555. The fourth-order valence-electron chi connectivity index (χ4n) is 4.19. The lowest BCUT2D eigenvalue weighted by Crippen LogP contribution is -2.70. The minimum absolute atomic E-state index is 0.0868. The van der Waals surface area contributed by atoms with Crippen LogP contribution < -0.4 is 10.6 Å². The Labute approximate surface area is 190 Å². The highest BCUT2D eigenvalue weighted by Gasteiger charge is 2.47. The molecular weight excluding hydrogens is 426 g/mol. The molecule has 2 N–H and O–H groups in total. The molecule has 2 aromatic rings. The Kier molecular flexibility index (Phi) is 6.64. The van der Waals surface area contributed by atoms with Crippen LogP contribution in [0.4, 0.5) is 10.5 Å². The molecule has 2 aliphatic rings. The molecule has 1 aromatic heterocycles. The summed E-state index contributed by atoms with van der Waals surface area (Å²) in [4.78, 5) is 57.4. The molecule has 3 heterocycles. The van der Waals surface area contributed by atoms with E-state index in [2.05, 4.69) is 20.4 Å². The highest BCUT2D eigenvalue weighted by atomic mass is 16.5. The second-order valence-corrected chi connectivity index (χ2v) is 7.95. The van der Waals surface area contributed by atoms with Gasteiger partial charge in [-0.3, -0.25) is 19.5 Å². The number of esters is 1. The minimum Gasteiger partial charge on any atom is -0.465 e. The van der Waals surface area contributed by atoms with E-state index in [4.69, 9.17) is 0 Å². The van der Waals surface area contributed by atoms with Gasteiger partial charge in [-0.25, -0.2) is 9.59 Å². The summed E-state index contributed by atoms with van der Waals surface area (Å²) in [6.07, 6.45) is 4.67. The number of carbonyl (C=O) groups excluding carboxylic acids is 4. The Morgan fingerprint density at radius 1 is 1.21 bits per heavy atom. The summed E-state index contributed by atoms with van der Waals surface area (Å²) < 4.78 is 4.67. The number of pyridine rings is 1. The molecule has 2 aliphatic heterocycles. The predicted molar refractivity (Wildman–Crippen MR) is 118 cm³/mol. The third-order valence-corrected chi connectivity index (χ3v) is 5.80. The molecule has 33 heavy (non-hydrogen) atoms. The number of anilines is 1. The van der Waals surface area contributed by atoms with Crippen molar-refractivity contribution in [2.24, 2.45) is 0 Å². The Morgan fingerprint density at radius 3 is 2.70 bits per heavy atom. The molecule has 2 saturated heterocycles. The van der Waals surface area contributed by atoms with Crippen LogP contribution in [0.1, 0.15) is 28.8 Å². The summed E-state index contributed by atoms with van der Waals surface area (Å²) >= 11 is 0. The van der Waals surface area contributed by atoms with Crippen molar-refractivity contribution >= 4 is 29.5 Å². The average molecular weight is 451 g/mol. The first-order valence-corrected chi connectivity index (χ1v) is 10.7. The number of nitrogens with zero attached hydrogens (tertiary/aromatic N) is 3. The van der Waals surface area contributed by atoms with Crippen molar-refractivity contribution in [1.82, 2.24) is 20.1 Å². The molecule has 2 fully saturated rings. The molecule has 2 atom stereocenters. The van der Waals surface area contributed by atoms with Gasteiger partial charge in [0.25, 0.3) is 0 Å². The zero-order valence-electron chi connectivity index (χ0n) is 18.2. The van der Waals surface area contributed by atoms with Crippen molar-refractivity contribution in [1.29, 1.82) is 0 Å². The third-order valence-electron chi connectivity index (χ3n) is 5.80. The molecule has 0 saturated carbocycles. The zero-order valence-corrected chi connectivity index (χ0v) is 18.2. The van der Waals surface area contributed by atoms with Crippen LogP contribution in [0.25, 0.3) is 0 Å². The van der Waals surface area contributed by atoms with Gasteiger partial charge in [0.05, 0.1) is 25.3 Å². The van der Waals surface area contributed by atoms with Crippen molar-refractivity contribution in [3.63, 3.8) is 0 Å². The molecule has 4 amide bonds. The number of aromatic nitrogens is 1. The number of imide groups is 1. The van der Waals surface area contributed by atoms with E-state index < -0.39 is 30.0 Å². The summed E-state index contributed by atoms with van der Waals surface area (Å²) in [5.74, 6) is -1.15. The second kappa shape index (κ2) is 9.78. The van der Waals surface area contributed by atoms with Gasteiger partial charge in [-0.15, -0.1) is 0 Å². The number of ether oxygens (including phenoxy) is 1. The number of methoxy groups -OCH3 is 1. The molecule has 0 spiro atoms. The maximum absolute atomic E-state index is 13.3. The lowest BCUT2D eigenvalue weighted by molar-refractivity contribution is -0.138. The predicted octanol–water partition coefficient (Wildman–Crippen LogP) is 1.39. The number of piperidine rings is 1. The molecule has 172 valence electrons.